The lowest BCUT2D eigenvalue weighted by Gasteiger charge is -2.42. The van der Waals surface area contributed by atoms with E-state index in [0.29, 0.717) is 11.1 Å². The second-order valence-corrected chi connectivity index (χ2v) is 9.72. The summed E-state index contributed by atoms with van der Waals surface area (Å²) in [4.78, 5) is 28.4. The molecular weight excluding hydrogens is 520 g/mol. The third-order valence-electron chi connectivity index (χ3n) is 7.22. The van der Waals surface area contributed by atoms with E-state index in [0.717, 1.165) is 12.1 Å². The van der Waals surface area contributed by atoms with Crippen LogP contribution < -0.4 is 9.47 Å². The Morgan fingerprint density at radius 3 is 1.18 bits per heavy atom. The normalized spacial score (nSPS) is 21.6. The van der Waals surface area contributed by atoms with Crippen LogP contribution in [0.3, 0.4) is 0 Å². The number of aromatic hydroxyl groups is 6. The van der Waals surface area contributed by atoms with Gasteiger partial charge in [0.2, 0.25) is 0 Å². The number of fused-ring (bicyclic) bond motifs is 2. The molecule has 0 spiro atoms. The van der Waals surface area contributed by atoms with Crippen molar-refractivity contribution >= 4 is 11.6 Å². The molecule has 4 aromatic rings. The summed E-state index contributed by atoms with van der Waals surface area (Å²) in [6.45, 7) is 0. The highest BCUT2D eigenvalue weighted by Gasteiger charge is 2.53. The van der Waals surface area contributed by atoms with Crippen LogP contribution in [0.15, 0.2) is 72.8 Å². The molecule has 0 fully saturated rings. The van der Waals surface area contributed by atoms with Gasteiger partial charge in [-0.25, -0.2) is 0 Å². The quantitative estimate of drug-likeness (QED) is 0.216. The number of hydrogen-bond donors (Lipinski definition) is 6. The molecule has 0 aliphatic carbocycles. The minimum absolute atomic E-state index is 0.0455. The van der Waals surface area contributed by atoms with Gasteiger partial charge in [-0.1, -0.05) is 24.3 Å². The topological polar surface area (TPSA) is 174 Å². The summed E-state index contributed by atoms with van der Waals surface area (Å²) in [6.07, 6.45) is -2.31. The van der Waals surface area contributed by atoms with Crippen molar-refractivity contribution in [3.8, 4) is 46.0 Å². The van der Waals surface area contributed by atoms with Gasteiger partial charge in [-0.05, 0) is 35.4 Å². The Morgan fingerprint density at radius 1 is 0.475 bits per heavy atom. The van der Waals surface area contributed by atoms with Crippen molar-refractivity contribution in [1.29, 1.82) is 0 Å². The second kappa shape index (κ2) is 9.12. The van der Waals surface area contributed by atoms with Crippen molar-refractivity contribution in [3.05, 3.63) is 95.1 Å². The van der Waals surface area contributed by atoms with E-state index in [1.807, 2.05) is 0 Å². The first-order chi connectivity index (χ1) is 19.1. The van der Waals surface area contributed by atoms with Crippen LogP contribution in [-0.2, 0) is 0 Å². The summed E-state index contributed by atoms with van der Waals surface area (Å²) in [7, 11) is 0. The molecule has 10 nitrogen and oxygen atoms in total. The molecule has 0 radical (unpaired) electrons. The minimum atomic E-state index is -1.33. The van der Waals surface area contributed by atoms with Crippen molar-refractivity contribution < 1.29 is 49.7 Å². The van der Waals surface area contributed by atoms with Crippen molar-refractivity contribution in [1.82, 2.24) is 0 Å². The molecule has 6 rings (SSSR count). The molecule has 1 unspecified atom stereocenters. The number of rotatable bonds is 3. The molecule has 202 valence electrons. The zero-order chi connectivity index (χ0) is 28.3. The first-order valence-corrected chi connectivity index (χ1v) is 12.2. The van der Waals surface area contributed by atoms with Gasteiger partial charge in [-0.15, -0.1) is 0 Å². The lowest BCUT2D eigenvalue weighted by atomic mass is 9.69. The Hall–Kier alpha value is -5.38. The molecule has 4 atom stereocenters. The molecule has 6 N–H and O–H groups in total. The molecular formula is C30H22O10. The van der Waals surface area contributed by atoms with Crippen molar-refractivity contribution in [3.63, 3.8) is 0 Å². The summed E-state index contributed by atoms with van der Waals surface area (Å²) in [6, 6.07) is 15.9. The monoisotopic (exact) mass is 542 g/mol. The number of carbonyl (C=O) groups excluding carboxylic acids is 2. The lowest BCUT2D eigenvalue weighted by Crippen LogP contribution is -2.45. The van der Waals surface area contributed by atoms with Crippen molar-refractivity contribution in [2.45, 2.75) is 12.2 Å². The SMILES string of the molecule is O=C1c2c(O)cc(O)cc2O[C@@H](c2ccc(O)cc2)C1[C@@H]1C(=O)c2c(O)cc(O)cc2O[C@@H]1c1ccc(O)cc1. The Balaban J connectivity index is 1.59. The molecule has 0 amide bonds. The number of benzene rings is 4. The molecule has 0 aromatic heterocycles. The van der Waals surface area contributed by atoms with Gasteiger partial charge in [-0.3, -0.25) is 9.59 Å². The second-order valence-electron chi connectivity index (χ2n) is 9.72. The maximum absolute atomic E-state index is 14.2. The lowest BCUT2D eigenvalue weighted by molar-refractivity contribution is 0.0129. The van der Waals surface area contributed by atoms with Gasteiger partial charge in [0.1, 0.15) is 69.3 Å². The fraction of sp³-hybridized carbons (Fsp3) is 0.133. The minimum Gasteiger partial charge on any atom is -0.508 e. The number of carbonyl (C=O) groups is 2. The van der Waals surface area contributed by atoms with Crippen LogP contribution >= 0.6 is 0 Å². The summed E-state index contributed by atoms with van der Waals surface area (Å²) in [5, 5.41) is 61.1. The smallest absolute Gasteiger partial charge is 0.178 e. The predicted octanol–water partition coefficient (Wildman–Crippen LogP) is 4.49. The zero-order valence-electron chi connectivity index (χ0n) is 20.6. The molecule has 2 aliphatic heterocycles. The number of hydrogen-bond acceptors (Lipinski definition) is 10. The molecule has 10 heteroatoms. The molecule has 0 saturated carbocycles. The van der Waals surface area contributed by atoms with Gasteiger partial charge in [0.05, 0.1) is 11.8 Å². The number of Topliss-reactive ketones (excluding diaryl/α,β-unsaturated/α-hetero) is 2. The molecule has 2 aliphatic rings. The number of phenols is 6. The van der Waals surface area contributed by atoms with Crippen LogP contribution in [0, 0.1) is 11.8 Å². The standard InChI is InChI=1S/C30H22O10/c31-15-5-1-13(2-6-15)29-25(27(37)23-19(35)9-17(33)11-21(23)39-29)26-28(38)24-20(36)10-18(34)12-22(24)40-30(26)14-3-7-16(32)8-4-14/h1-12,25-26,29-36H/t25-,26?,29-,30+/m1/s1. The van der Waals surface area contributed by atoms with Crippen LogP contribution in [0.1, 0.15) is 44.1 Å². The van der Waals surface area contributed by atoms with Crippen LogP contribution in [-0.4, -0.2) is 42.2 Å². The van der Waals surface area contributed by atoms with E-state index in [2.05, 4.69) is 0 Å². The molecule has 0 saturated heterocycles. The maximum atomic E-state index is 14.2. The fourth-order valence-electron chi connectivity index (χ4n) is 5.46. The van der Waals surface area contributed by atoms with Gasteiger partial charge < -0.3 is 40.1 Å². The van der Waals surface area contributed by atoms with Crippen LogP contribution in [0.2, 0.25) is 0 Å². The Labute approximate surface area is 226 Å². The van der Waals surface area contributed by atoms with Crippen molar-refractivity contribution in [2.24, 2.45) is 11.8 Å². The van der Waals surface area contributed by atoms with Gasteiger partial charge in [0, 0.05) is 24.3 Å². The largest absolute Gasteiger partial charge is 0.508 e. The molecule has 4 aromatic carbocycles. The van der Waals surface area contributed by atoms with Gasteiger partial charge >= 0.3 is 0 Å². The van der Waals surface area contributed by atoms with Crippen LogP contribution in [0.25, 0.3) is 0 Å². The van der Waals surface area contributed by atoms with Gasteiger partial charge in [-0.2, -0.15) is 0 Å². The predicted molar refractivity (Wildman–Crippen MR) is 138 cm³/mol. The van der Waals surface area contributed by atoms with Crippen LogP contribution in [0.4, 0.5) is 0 Å². The highest BCUT2D eigenvalue weighted by molar-refractivity contribution is 6.11. The number of ketones is 2. The van der Waals surface area contributed by atoms with E-state index in [1.54, 1.807) is 0 Å². The van der Waals surface area contributed by atoms with E-state index in [4.69, 9.17) is 9.47 Å². The molecule has 40 heavy (non-hydrogen) atoms. The zero-order valence-corrected chi connectivity index (χ0v) is 20.6. The Kier molecular flexibility index (Phi) is 5.69. The first-order valence-electron chi connectivity index (χ1n) is 12.2. The third-order valence-corrected chi connectivity index (χ3v) is 7.22. The van der Waals surface area contributed by atoms with E-state index >= 15 is 0 Å². The van der Waals surface area contributed by atoms with Gasteiger partial charge in [0.15, 0.2) is 11.6 Å². The third kappa shape index (κ3) is 3.97. The van der Waals surface area contributed by atoms with E-state index in [-0.39, 0.29) is 45.6 Å². The van der Waals surface area contributed by atoms with Crippen molar-refractivity contribution in [2.75, 3.05) is 0 Å². The average Bonchev–Trinajstić information content (AvgIpc) is 2.89. The summed E-state index contributed by atoms with van der Waals surface area (Å²) in [5.74, 6) is -6.10. The molecule has 2 heterocycles. The first kappa shape index (κ1) is 24.9. The Bertz CT molecular complexity index is 1530. The van der Waals surface area contributed by atoms with Gasteiger partial charge in [0.25, 0.3) is 0 Å². The Morgan fingerprint density at radius 2 is 0.825 bits per heavy atom. The number of ether oxygens (including phenoxy) is 2. The fourth-order valence-corrected chi connectivity index (χ4v) is 5.46. The average molecular weight is 542 g/mol. The van der Waals surface area contributed by atoms with E-state index < -0.39 is 47.1 Å². The molecule has 0 bridgehead atoms. The number of phenolic OH excluding ortho intramolecular Hbond substituents is 6. The summed E-state index contributed by atoms with van der Waals surface area (Å²) < 4.78 is 12.3. The maximum Gasteiger partial charge on any atom is 0.178 e. The summed E-state index contributed by atoms with van der Waals surface area (Å²) in [5.41, 5.74) is 0.330. The summed E-state index contributed by atoms with van der Waals surface area (Å²) >= 11 is 0. The highest BCUT2D eigenvalue weighted by Crippen LogP contribution is 2.53. The highest BCUT2D eigenvalue weighted by atomic mass is 16.5. The van der Waals surface area contributed by atoms with E-state index in [1.165, 1.54) is 60.7 Å². The van der Waals surface area contributed by atoms with Crippen LogP contribution in [0.5, 0.6) is 46.0 Å². The van der Waals surface area contributed by atoms with E-state index in [9.17, 15) is 40.2 Å².